The zero-order valence-electron chi connectivity index (χ0n) is 14.1. The number of nitrogens with zero attached hydrogens (tertiary/aromatic N) is 2. The molecule has 4 rings (SSSR count). The number of fused-ring (bicyclic) bond motifs is 3. The molecule has 0 radical (unpaired) electrons. The normalized spacial score (nSPS) is 12.1. The Balaban J connectivity index is 1.94. The van der Waals surface area contributed by atoms with Gasteiger partial charge in [0.25, 0.3) is 5.56 Å². The molecule has 5 nitrogen and oxygen atoms in total. The van der Waals surface area contributed by atoms with E-state index in [1.165, 1.54) is 18.4 Å². The maximum Gasteiger partial charge on any atom is 0.274 e. The van der Waals surface area contributed by atoms with Crippen LogP contribution in [0.15, 0.2) is 53.8 Å². The van der Waals surface area contributed by atoms with Crippen molar-refractivity contribution in [1.29, 1.82) is 0 Å². The van der Waals surface area contributed by atoms with E-state index in [0.29, 0.717) is 27.2 Å². The first-order valence-corrected chi connectivity index (χ1v) is 8.86. The quantitative estimate of drug-likeness (QED) is 0.566. The van der Waals surface area contributed by atoms with E-state index in [1.807, 2.05) is 30.3 Å². The lowest BCUT2D eigenvalue weighted by molar-refractivity contribution is 0.371. The summed E-state index contributed by atoms with van der Waals surface area (Å²) in [6.45, 7) is 3.71. The van der Waals surface area contributed by atoms with Crippen LogP contribution in [0.1, 0.15) is 11.1 Å². The SMILES string of the molecule is C=CCc1cc(/C=c2\sc3nc4ccccc4n3c2=O)cc(OC)c1O. The predicted molar refractivity (Wildman–Crippen MR) is 104 cm³/mol. The highest BCUT2D eigenvalue weighted by Gasteiger charge is 2.12. The molecule has 0 fully saturated rings. The highest BCUT2D eigenvalue weighted by molar-refractivity contribution is 7.15. The van der Waals surface area contributed by atoms with Crippen LogP contribution in [0.4, 0.5) is 0 Å². The van der Waals surface area contributed by atoms with Gasteiger partial charge in [0.05, 0.1) is 22.7 Å². The minimum Gasteiger partial charge on any atom is -0.504 e. The molecule has 0 bridgehead atoms. The smallest absolute Gasteiger partial charge is 0.274 e. The Morgan fingerprint density at radius 3 is 2.92 bits per heavy atom. The van der Waals surface area contributed by atoms with Crippen molar-refractivity contribution in [3.05, 3.63) is 75.1 Å². The first kappa shape index (κ1) is 16.4. The Kier molecular flexibility index (Phi) is 3.97. The molecule has 0 aliphatic heterocycles. The van der Waals surface area contributed by atoms with Crippen molar-refractivity contribution >= 4 is 33.4 Å². The third kappa shape index (κ3) is 2.55. The van der Waals surface area contributed by atoms with Crippen molar-refractivity contribution in [3.8, 4) is 11.5 Å². The number of benzene rings is 2. The lowest BCUT2D eigenvalue weighted by atomic mass is 10.1. The molecule has 0 saturated carbocycles. The van der Waals surface area contributed by atoms with Gasteiger partial charge in [-0.3, -0.25) is 4.79 Å². The zero-order chi connectivity index (χ0) is 18.3. The Morgan fingerprint density at radius 2 is 2.15 bits per heavy atom. The van der Waals surface area contributed by atoms with Gasteiger partial charge in [-0.15, -0.1) is 6.58 Å². The molecular weight excluding hydrogens is 348 g/mol. The molecule has 26 heavy (non-hydrogen) atoms. The van der Waals surface area contributed by atoms with E-state index in [4.69, 9.17) is 4.74 Å². The van der Waals surface area contributed by atoms with E-state index in [2.05, 4.69) is 11.6 Å². The molecule has 2 aromatic carbocycles. The fourth-order valence-corrected chi connectivity index (χ4v) is 3.99. The maximum absolute atomic E-state index is 12.8. The molecule has 0 amide bonds. The molecule has 0 aliphatic carbocycles. The van der Waals surface area contributed by atoms with Gasteiger partial charge in [0.2, 0.25) is 0 Å². The number of rotatable bonds is 4. The van der Waals surface area contributed by atoms with Crippen LogP contribution in [-0.2, 0) is 6.42 Å². The molecule has 0 atom stereocenters. The fourth-order valence-electron chi connectivity index (χ4n) is 3.00. The number of para-hydroxylation sites is 2. The van der Waals surface area contributed by atoms with Crippen LogP contribution < -0.4 is 14.8 Å². The summed E-state index contributed by atoms with van der Waals surface area (Å²) in [5.41, 5.74) is 2.99. The first-order chi connectivity index (χ1) is 12.6. The van der Waals surface area contributed by atoms with E-state index >= 15 is 0 Å². The first-order valence-electron chi connectivity index (χ1n) is 8.05. The minimum absolute atomic E-state index is 0.0962. The highest BCUT2D eigenvalue weighted by atomic mass is 32.1. The second-order valence-corrected chi connectivity index (χ2v) is 6.87. The fraction of sp³-hybridized carbons (Fsp3) is 0.100. The van der Waals surface area contributed by atoms with Gasteiger partial charge >= 0.3 is 0 Å². The number of allylic oxidation sites excluding steroid dienone is 1. The highest BCUT2D eigenvalue weighted by Crippen LogP contribution is 2.32. The van der Waals surface area contributed by atoms with E-state index in [9.17, 15) is 9.90 Å². The Labute approximate surface area is 153 Å². The summed E-state index contributed by atoms with van der Waals surface area (Å²) in [6, 6.07) is 11.1. The van der Waals surface area contributed by atoms with Crippen LogP contribution in [0.3, 0.4) is 0 Å². The number of phenolic OH excluding ortho intramolecular Hbond substituents is 1. The van der Waals surface area contributed by atoms with Crippen LogP contribution in [0.2, 0.25) is 0 Å². The summed E-state index contributed by atoms with van der Waals surface area (Å²) in [6.07, 6.45) is 4.01. The molecule has 130 valence electrons. The van der Waals surface area contributed by atoms with Gasteiger partial charge in [0, 0.05) is 5.56 Å². The second kappa shape index (κ2) is 6.31. The summed E-state index contributed by atoms with van der Waals surface area (Å²) in [4.78, 5) is 18.0. The lowest BCUT2D eigenvalue weighted by Gasteiger charge is -2.09. The number of phenols is 1. The van der Waals surface area contributed by atoms with Crippen LogP contribution in [-0.4, -0.2) is 21.6 Å². The van der Waals surface area contributed by atoms with Crippen LogP contribution in [0.25, 0.3) is 22.1 Å². The molecule has 4 aromatic rings. The van der Waals surface area contributed by atoms with Crippen molar-refractivity contribution in [2.24, 2.45) is 0 Å². The molecule has 0 spiro atoms. The molecule has 2 aromatic heterocycles. The predicted octanol–water partition coefficient (Wildman–Crippen LogP) is 2.90. The average molecular weight is 364 g/mol. The molecule has 2 heterocycles. The zero-order valence-corrected chi connectivity index (χ0v) is 14.9. The third-order valence-corrected chi connectivity index (χ3v) is 5.17. The molecule has 1 N–H and O–H groups in total. The van der Waals surface area contributed by atoms with Gasteiger partial charge in [-0.05, 0) is 42.3 Å². The number of hydrogen-bond acceptors (Lipinski definition) is 5. The summed E-state index contributed by atoms with van der Waals surface area (Å²) >= 11 is 1.34. The number of methoxy groups -OCH3 is 1. The Morgan fingerprint density at radius 1 is 1.35 bits per heavy atom. The number of thiazole rings is 1. The van der Waals surface area contributed by atoms with E-state index in [0.717, 1.165) is 16.6 Å². The van der Waals surface area contributed by atoms with Crippen LogP contribution in [0.5, 0.6) is 11.5 Å². The van der Waals surface area contributed by atoms with Gasteiger partial charge in [0.15, 0.2) is 16.5 Å². The topological polar surface area (TPSA) is 63.8 Å². The van der Waals surface area contributed by atoms with Gasteiger partial charge in [-0.25, -0.2) is 9.38 Å². The van der Waals surface area contributed by atoms with Crippen molar-refractivity contribution in [2.45, 2.75) is 6.42 Å². The minimum atomic E-state index is -0.101. The summed E-state index contributed by atoms with van der Waals surface area (Å²) < 4.78 is 7.46. The number of imidazole rings is 1. The summed E-state index contributed by atoms with van der Waals surface area (Å²) in [5, 5.41) is 10.2. The Hall–Kier alpha value is -3.12. The molecule has 6 heteroatoms. The standard InChI is InChI=1S/C20H16N2O3S/c1-3-6-13-9-12(10-16(25-2)18(13)23)11-17-19(24)22-15-8-5-4-7-14(15)21-20(22)26-17/h3-5,7-11,23H,1,6H2,2H3/b17-11-. The van der Waals surface area contributed by atoms with Gasteiger partial charge in [-0.2, -0.15) is 0 Å². The molecular formula is C20H16N2O3S. The van der Waals surface area contributed by atoms with Gasteiger partial charge in [-0.1, -0.05) is 29.5 Å². The maximum atomic E-state index is 12.8. The molecule has 0 unspecified atom stereocenters. The number of hydrogen-bond donors (Lipinski definition) is 1. The van der Waals surface area contributed by atoms with Crippen molar-refractivity contribution in [1.82, 2.24) is 9.38 Å². The summed E-state index contributed by atoms with van der Waals surface area (Å²) in [7, 11) is 1.50. The number of aromatic nitrogens is 2. The largest absolute Gasteiger partial charge is 0.504 e. The van der Waals surface area contributed by atoms with Gasteiger partial charge in [0.1, 0.15) is 0 Å². The van der Waals surface area contributed by atoms with Crippen LogP contribution in [0, 0.1) is 0 Å². The molecule has 0 saturated heterocycles. The van der Waals surface area contributed by atoms with E-state index < -0.39 is 0 Å². The number of aromatic hydroxyl groups is 1. The van der Waals surface area contributed by atoms with Crippen LogP contribution >= 0.6 is 11.3 Å². The number of ether oxygens (including phenoxy) is 1. The molecule has 0 aliphatic rings. The van der Waals surface area contributed by atoms with Crippen molar-refractivity contribution in [2.75, 3.05) is 7.11 Å². The van der Waals surface area contributed by atoms with Gasteiger partial charge < -0.3 is 9.84 Å². The average Bonchev–Trinajstić information content (AvgIpc) is 3.14. The Bertz CT molecular complexity index is 1250. The summed E-state index contributed by atoms with van der Waals surface area (Å²) in [5.74, 6) is 0.466. The third-order valence-electron chi connectivity index (χ3n) is 4.20. The van der Waals surface area contributed by atoms with E-state index in [1.54, 1.807) is 22.6 Å². The second-order valence-electron chi connectivity index (χ2n) is 5.86. The monoisotopic (exact) mass is 364 g/mol. The van der Waals surface area contributed by atoms with Crippen molar-refractivity contribution < 1.29 is 9.84 Å². The van der Waals surface area contributed by atoms with E-state index in [-0.39, 0.29) is 11.3 Å². The lowest BCUT2D eigenvalue weighted by Crippen LogP contribution is -2.22. The van der Waals surface area contributed by atoms with Crippen molar-refractivity contribution in [3.63, 3.8) is 0 Å².